The van der Waals surface area contributed by atoms with Crippen LogP contribution in [0.2, 0.25) is 0 Å². The summed E-state index contributed by atoms with van der Waals surface area (Å²) < 4.78 is 13.1. The Morgan fingerprint density at radius 2 is 2.16 bits per heavy atom. The number of carbonyl (C=O) groups excluding carboxylic acids is 1. The van der Waals surface area contributed by atoms with Crippen LogP contribution in [-0.2, 0) is 6.54 Å². The highest BCUT2D eigenvalue weighted by Gasteiger charge is 2.08. The van der Waals surface area contributed by atoms with Crippen molar-refractivity contribution in [2.45, 2.75) is 13.5 Å². The van der Waals surface area contributed by atoms with E-state index in [2.05, 4.69) is 10.3 Å². The van der Waals surface area contributed by atoms with Crippen LogP contribution in [0.3, 0.4) is 0 Å². The first-order valence-electron chi connectivity index (χ1n) is 5.82. The van der Waals surface area contributed by atoms with Crippen LogP contribution >= 0.6 is 0 Å². The molecule has 1 aromatic heterocycles. The van der Waals surface area contributed by atoms with Crippen molar-refractivity contribution in [2.75, 3.05) is 5.32 Å². The largest absolute Gasteiger partial charge is 0.326 e. The summed E-state index contributed by atoms with van der Waals surface area (Å²) in [5.41, 5.74) is 7.61. The fourth-order valence-electron chi connectivity index (χ4n) is 1.60. The molecule has 0 aliphatic rings. The minimum absolute atomic E-state index is 0.291. The molecule has 4 nitrogen and oxygen atoms in total. The van der Waals surface area contributed by atoms with Gasteiger partial charge in [0.15, 0.2) is 0 Å². The number of halogens is 1. The Kier molecular flexibility index (Phi) is 3.87. The maximum atomic E-state index is 13.1. The highest BCUT2D eigenvalue weighted by atomic mass is 19.1. The number of carbonyl (C=O) groups is 1. The fraction of sp³-hybridized carbons (Fsp3) is 0.143. The second kappa shape index (κ2) is 5.58. The number of nitrogens with one attached hydrogen (secondary N) is 1. The average molecular weight is 259 g/mol. The van der Waals surface area contributed by atoms with Crippen molar-refractivity contribution in [3.05, 3.63) is 59.2 Å². The van der Waals surface area contributed by atoms with Gasteiger partial charge >= 0.3 is 0 Å². The third kappa shape index (κ3) is 3.14. The van der Waals surface area contributed by atoms with Crippen molar-refractivity contribution >= 4 is 11.6 Å². The number of aromatic nitrogens is 1. The molecule has 0 saturated carbocycles. The lowest BCUT2D eigenvalue weighted by atomic mass is 10.2. The number of hydrogen-bond acceptors (Lipinski definition) is 3. The van der Waals surface area contributed by atoms with Crippen molar-refractivity contribution in [3.63, 3.8) is 0 Å². The van der Waals surface area contributed by atoms with Gasteiger partial charge in [0.25, 0.3) is 5.91 Å². The van der Waals surface area contributed by atoms with Gasteiger partial charge in [0.2, 0.25) is 0 Å². The summed E-state index contributed by atoms with van der Waals surface area (Å²) in [6, 6.07) is 7.75. The molecule has 98 valence electrons. The fourth-order valence-corrected chi connectivity index (χ4v) is 1.60. The monoisotopic (exact) mass is 259 g/mol. The van der Waals surface area contributed by atoms with E-state index in [4.69, 9.17) is 5.73 Å². The molecule has 0 spiro atoms. The van der Waals surface area contributed by atoms with E-state index in [1.165, 1.54) is 12.1 Å². The van der Waals surface area contributed by atoms with Crippen LogP contribution in [0.5, 0.6) is 0 Å². The molecule has 0 unspecified atom stereocenters. The molecule has 2 aromatic rings. The maximum absolute atomic E-state index is 13.1. The first-order chi connectivity index (χ1) is 9.10. The number of anilines is 1. The molecule has 0 fully saturated rings. The minimum atomic E-state index is -0.338. The molecule has 0 aliphatic heterocycles. The Balaban J connectivity index is 2.13. The predicted molar refractivity (Wildman–Crippen MR) is 71.2 cm³/mol. The summed E-state index contributed by atoms with van der Waals surface area (Å²) in [6.45, 7) is 2.02. The summed E-state index contributed by atoms with van der Waals surface area (Å²) in [4.78, 5) is 15.9. The summed E-state index contributed by atoms with van der Waals surface area (Å²) in [5, 5.41) is 2.66. The van der Waals surface area contributed by atoms with E-state index in [9.17, 15) is 9.18 Å². The standard InChI is InChI=1S/C14H14FN3O/c1-9-6-11(3-4-12(9)15)18-14(19)13-5-2-10(7-16)8-17-13/h2-6,8H,7,16H2,1H3,(H,18,19). The van der Waals surface area contributed by atoms with Gasteiger partial charge in [0.1, 0.15) is 11.5 Å². The van der Waals surface area contributed by atoms with E-state index in [1.54, 1.807) is 31.3 Å². The van der Waals surface area contributed by atoms with Gasteiger partial charge in [0, 0.05) is 18.4 Å². The Morgan fingerprint density at radius 1 is 1.37 bits per heavy atom. The van der Waals surface area contributed by atoms with E-state index in [-0.39, 0.29) is 11.7 Å². The predicted octanol–water partition coefficient (Wildman–Crippen LogP) is 2.24. The third-order valence-electron chi connectivity index (χ3n) is 2.71. The lowest BCUT2D eigenvalue weighted by Crippen LogP contribution is -2.14. The number of pyridine rings is 1. The van der Waals surface area contributed by atoms with Gasteiger partial charge in [-0.3, -0.25) is 9.78 Å². The van der Waals surface area contributed by atoms with Gasteiger partial charge in [-0.2, -0.15) is 0 Å². The molecule has 3 N–H and O–H groups in total. The number of aryl methyl sites for hydroxylation is 1. The highest BCUT2D eigenvalue weighted by molar-refractivity contribution is 6.02. The van der Waals surface area contributed by atoms with E-state index >= 15 is 0 Å². The van der Waals surface area contributed by atoms with Gasteiger partial charge in [-0.1, -0.05) is 6.07 Å². The summed E-state index contributed by atoms with van der Waals surface area (Å²) >= 11 is 0. The molecule has 5 heteroatoms. The van der Waals surface area contributed by atoms with Crippen LogP contribution in [0.4, 0.5) is 10.1 Å². The zero-order valence-electron chi connectivity index (χ0n) is 10.5. The quantitative estimate of drug-likeness (QED) is 0.888. The number of benzene rings is 1. The van der Waals surface area contributed by atoms with Crippen molar-refractivity contribution in [2.24, 2.45) is 5.73 Å². The summed E-state index contributed by atoms with van der Waals surface area (Å²) in [6.07, 6.45) is 1.56. The second-order valence-electron chi connectivity index (χ2n) is 4.17. The van der Waals surface area contributed by atoms with Gasteiger partial charge in [-0.25, -0.2) is 4.39 Å². The van der Waals surface area contributed by atoms with Crippen LogP contribution in [-0.4, -0.2) is 10.9 Å². The first kappa shape index (κ1) is 13.2. The van der Waals surface area contributed by atoms with Crippen molar-refractivity contribution in [3.8, 4) is 0 Å². The maximum Gasteiger partial charge on any atom is 0.274 e. The number of hydrogen-bond donors (Lipinski definition) is 2. The van der Waals surface area contributed by atoms with Crippen molar-refractivity contribution < 1.29 is 9.18 Å². The molecular formula is C14H14FN3O. The molecule has 1 amide bonds. The van der Waals surface area contributed by atoms with E-state index in [0.29, 0.717) is 23.5 Å². The zero-order chi connectivity index (χ0) is 13.8. The summed E-state index contributed by atoms with van der Waals surface area (Å²) in [7, 11) is 0. The minimum Gasteiger partial charge on any atom is -0.326 e. The van der Waals surface area contributed by atoms with E-state index in [0.717, 1.165) is 5.56 Å². The molecule has 0 saturated heterocycles. The SMILES string of the molecule is Cc1cc(NC(=O)c2ccc(CN)cn2)ccc1F. The number of rotatable bonds is 3. The highest BCUT2D eigenvalue weighted by Crippen LogP contribution is 2.14. The lowest BCUT2D eigenvalue weighted by Gasteiger charge is -2.06. The Labute approximate surface area is 110 Å². The molecule has 0 aliphatic carbocycles. The third-order valence-corrected chi connectivity index (χ3v) is 2.71. The lowest BCUT2D eigenvalue weighted by molar-refractivity contribution is 0.102. The van der Waals surface area contributed by atoms with Gasteiger partial charge in [-0.05, 0) is 42.3 Å². The first-order valence-corrected chi connectivity index (χ1v) is 5.82. The molecule has 0 radical (unpaired) electrons. The van der Waals surface area contributed by atoms with Crippen molar-refractivity contribution in [1.82, 2.24) is 4.98 Å². The van der Waals surface area contributed by atoms with Gasteiger partial charge < -0.3 is 11.1 Å². The average Bonchev–Trinajstić information content (AvgIpc) is 2.43. The van der Waals surface area contributed by atoms with Crippen LogP contribution in [0.1, 0.15) is 21.6 Å². The van der Waals surface area contributed by atoms with Crippen LogP contribution in [0.25, 0.3) is 0 Å². The molecule has 0 bridgehead atoms. The van der Waals surface area contributed by atoms with Gasteiger partial charge in [0.05, 0.1) is 0 Å². The normalized spacial score (nSPS) is 10.3. The van der Waals surface area contributed by atoms with Crippen LogP contribution < -0.4 is 11.1 Å². The van der Waals surface area contributed by atoms with E-state index < -0.39 is 0 Å². The van der Waals surface area contributed by atoms with Crippen LogP contribution in [0.15, 0.2) is 36.5 Å². The molecule has 1 heterocycles. The molecule has 0 atom stereocenters. The summed E-state index contributed by atoms with van der Waals surface area (Å²) in [5.74, 6) is -0.641. The van der Waals surface area contributed by atoms with Crippen molar-refractivity contribution in [1.29, 1.82) is 0 Å². The molecular weight excluding hydrogens is 245 g/mol. The topological polar surface area (TPSA) is 68.0 Å². The smallest absolute Gasteiger partial charge is 0.274 e. The Hall–Kier alpha value is -2.27. The molecule has 2 rings (SSSR count). The van der Waals surface area contributed by atoms with E-state index in [1.807, 2.05) is 0 Å². The second-order valence-corrected chi connectivity index (χ2v) is 4.17. The zero-order valence-corrected chi connectivity index (χ0v) is 10.5. The number of nitrogens with zero attached hydrogens (tertiary/aromatic N) is 1. The molecule has 1 aromatic carbocycles. The van der Waals surface area contributed by atoms with Gasteiger partial charge in [-0.15, -0.1) is 0 Å². The number of amides is 1. The Bertz CT molecular complexity index is 596. The molecule has 19 heavy (non-hydrogen) atoms. The Morgan fingerprint density at radius 3 is 2.74 bits per heavy atom. The number of nitrogens with two attached hydrogens (primary N) is 1. The van der Waals surface area contributed by atoms with Crippen LogP contribution in [0, 0.1) is 12.7 Å².